The van der Waals surface area contributed by atoms with Crippen molar-refractivity contribution in [3.05, 3.63) is 47.4 Å². The number of hydrogen-bond donors (Lipinski definition) is 2. The molecule has 2 aromatic carbocycles. The number of carboxylic acids is 1. The lowest BCUT2D eigenvalue weighted by molar-refractivity contribution is 0.0687. The van der Waals surface area contributed by atoms with Crippen LogP contribution in [0, 0.1) is 0 Å². The largest absolute Gasteiger partial charge is 0.478 e. The minimum atomic E-state index is -5.69. The molecule has 9 nitrogen and oxygen atoms in total. The van der Waals surface area contributed by atoms with Gasteiger partial charge in [0.25, 0.3) is 1.43 Å². The molecule has 0 saturated carbocycles. The van der Waals surface area contributed by atoms with Crippen LogP contribution in [0.2, 0.25) is 0 Å². The molecular weight excluding hydrogens is 398 g/mol. The van der Waals surface area contributed by atoms with Gasteiger partial charge in [-0.25, -0.2) is 26.4 Å². The van der Waals surface area contributed by atoms with Gasteiger partial charge in [-0.1, -0.05) is 0 Å². The Labute approximate surface area is 173 Å². The quantitative estimate of drug-likeness (QED) is 0.404. The Morgan fingerprint density at radius 2 is 1.59 bits per heavy atom. The first-order valence-electron chi connectivity index (χ1n) is 12.7. The van der Waals surface area contributed by atoms with Crippen molar-refractivity contribution in [2.45, 2.75) is 9.79 Å². The fourth-order valence-electron chi connectivity index (χ4n) is 1.56. The number of anilines is 1. The highest BCUT2D eigenvalue weighted by Gasteiger charge is 2.18. The molecule has 0 radical (unpaired) electrons. The predicted octanol–water partition coefficient (Wildman–Crippen LogP) is 0.993. The van der Waals surface area contributed by atoms with Crippen LogP contribution in [0.3, 0.4) is 0 Å². The Hall–Kier alpha value is -2.92. The first-order chi connectivity index (χ1) is 17.9. The minimum absolute atomic E-state index is 1.13. The predicted molar refractivity (Wildman–Crippen MR) is 95.4 cm³/mol. The molecule has 2 rings (SSSR count). The fraction of sp³-hybridized carbons (Fsp3) is 0.125. The lowest BCUT2D eigenvalue weighted by Crippen LogP contribution is -2.12. The average molecular weight is 427 g/mol. The second-order valence-corrected chi connectivity index (χ2v) is 7.42. The Morgan fingerprint density at radius 3 is 2.19 bits per heavy atom. The van der Waals surface area contributed by atoms with Gasteiger partial charge in [0.15, 0.2) is 19.7 Å². The number of nitrogens with two attached hydrogens (primary N) is 1. The number of carbonyl (C=O) groups excluding carboxylic acids is 1. The molecule has 0 spiro atoms. The molecule has 0 saturated heterocycles. The molecule has 0 unspecified atom stereocenters. The summed E-state index contributed by atoms with van der Waals surface area (Å²) in [4.78, 5) is 21.6. The smallest absolute Gasteiger partial charge is 0.343 e. The molecule has 0 amide bonds. The Morgan fingerprint density at radius 1 is 1.00 bits per heavy atom. The summed E-state index contributed by atoms with van der Waals surface area (Å²) in [5.41, 5.74) is 1.44. The molecule has 0 bridgehead atoms. The number of aromatic carboxylic acids is 1. The van der Waals surface area contributed by atoms with E-state index in [0.29, 0.717) is 0 Å². The van der Waals surface area contributed by atoms with E-state index >= 15 is 0 Å². The number of benzene rings is 2. The van der Waals surface area contributed by atoms with Gasteiger partial charge in [0, 0.05) is 26.3 Å². The standard InChI is InChI=1S/C16H15NO8S2/c1-26(21,22)13-6-10(3-11(17)7-13)16(20)25-12-4-9(15(18)19)5-14(8-12)27(2,23)24/h3-8H,17H2,1-2H3,(H,18,19)/i1D3,2D3,3D,4D,5D,6D,7D,8D/hD. The van der Waals surface area contributed by atoms with Crippen LogP contribution < -0.4 is 10.5 Å². The number of nitrogen functional groups attached to an aromatic ring is 1. The number of carboxylic acid groups (broad SMARTS) is 1. The van der Waals surface area contributed by atoms with Crippen molar-refractivity contribution < 1.29 is 52.7 Å². The van der Waals surface area contributed by atoms with Gasteiger partial charge >= 0.3 is 11.9 Å². The van der Waals surface area contributed by atoms with Crippen molar-refractivity contribution in [1.82, 2.24) is 0 Å². The lowest BCUT2D eigenvalue weighted by atomic mass is 10.2. The number of carbonyl (C=O) groups is 2. The molecule has 3 N–H and O–H groups in total. The molecule has 0 aliphatic carbocycles. The number of sulfone groups is 2. The molecular formula is C16H15NO8S2. The average Bonchev–Trinajstić information content (AvgIpc) is 2.78. The van der Waals surface area contributed by atoms with Crippen LogP contribution in [-0.2, 0) is 19.7 Å². The molecule has 0 aromatic heterocycles. The first-order valence-corrected chi connectivity index (χ1v) is 9.26. The van der Waals surface area contributed by atoms with Crippen molar-refractivity contribution in [3.8, 4) is 5.75 Å². The zero-order valence-electron chi connectivity index (χ0n) is 25.7. The van der Waals surface area contributed by atoms with Crippen molar-refractivity contribution >= 4 is 37.3 Å². The van der Waals surface area contributed by atoms with Crippen LogP contribution in [0.1, 0.15) is 37.2 Å². The molecule has 2 aromatic rings. The summed E-state index contributed by atoms with van der Waals surface area (Å²) in [5, 5.41) is 3.60. The zero-order valence-corrected chi connectivity index (χ0v) is 14.3. The molecule has 0 fully saturated rings. The third-order valence-corrected chi connectivity index (χ3v) is 4.07. The third kappa shape index (κ3) is 5.05. The topological polar surface area (TPSA) is 158 Å². The van der Waals surface area contributed by atoms with Crippen LogP contribution in [0.4, 0.5) is 5.69 Å². The van der Waals surface area contributed by atoms with E-state index in [0.717, 1.165) is 0 Å². The van der Waals surface area contributed by atoms with Crippen LogP contribution in [0.25, 0.3) is 1.43 Å². The summed E-state index contributed by atoms with van der Waals surface area (Å²) in [6.07, 6.45) is -7.85. The maximum atomic E-state index is 13.0. The Kier molecular flexibility index (Phi) is 2.29. The molecule has 0 aliphatic rings. The van der Waals surface area contributed by atoms with E-state index in [-0.39, 0.29) is 0 Å². The van der Waals surface area contributed by atoms with Crippen LogP contribution in [0.15, 0.2) is 46.0 Å². The monoisotopic (exact) mass is 426 g/mol. The van der Waals surface area contributed by atoms with Crippen LogP contribution in [-0.4, -0.2) is 46.3 Å². The van der Waals surface area contributed by atoms with E-state index in [1.807, 2.05) is 0 Å². The van der Waals surface area contributed by atoms with E-state index in [1.54, 1.807) is 0 Å². The van der Waals surface area contributed by atoms with Gasteiger partial charge < -0.3 is 15.6 Å². The molecule has 0 aliphatic heterocycles. The van der Waals surface area contributed by atoms with Crippen molar-refractivity contribution in [2.75, 3.05) is 18.1 Å². The van der Waals surface area contributed by atoms with Gasteiger partial charge in [0.2, 0.25) is 0 Å². The minimum Gasteiger partial charge on any atom is -0.478 e. The van der Waals surface area contributed by atoms with Crippen LogP contribution >= 0.6 is 0 Å². The number of ether oxygens (including phenoxy) is 1. The second-order valence-electron chi connectivity index (χ2n) is 4.58. The SMILES string of the molecule is [2H]OC(=O)c1c([2H])c(OC(=O)c2c([2H])c(N)c([2H])c(S(=O)(=O)C([2H])([2H])[2H])c2[2H])c([2H])c(S(=O)(=O)C([2H])([2H])[2H])c1[2H]. The lowest BCUT2D eigenvalue weighted by Gasteiger charge is -2.09. The second kappa shape index (κ2) is 7.00. The molecule has 0 heterocycles. The maximum absolute atomic E-state index is 13.0. The maximum Gasteiger partial charge on any atom is 0.343 e. The van der Waals surface area contributed by atoms with Gasteiger partial charge in [-0.15, -0.1) is 0 Å². The van der Waals surface area contributed by atoms with Crippen molar-refractivity contribution in [3.63, 3.8) is 0 Å². The van der Waals surface area contributed by atoms with E-state index in [2.05, 4.69) is 5.11 Å². The van der Waals surface area contributed by atoms with Gasteiger partial charge in [0.05, 0.1) is 29.1 Å². The van der Waals surface area contributed by atoms with E-state index in [9.17, 15) is 26.4 Å². The Bertz CT molecular complexity index is 1670. The highest BCUT2D eigenvalue weighted by atomic mass is 32.2. The van der Waals surface area contributed by atoms with Gasteiger partial charge in [-0.05, 0) is 36.3 Å². The van der Waals surface area contributed by atoms with Crippen LogP contribution in [0.5, 0.6) is 5.75 Å². The van der Waals surface area contributed by atoms with Gasteiger partial charge in [-0.2, -0.15) is 0 Å². The summed E-state index contributed by atoms with van der Waals surface area (Å²) in [6.45, 7) is 0. The number of rotatable bonds is 5. The fourth-order valence-corrected chi connectivity index (χ4v) is 2.50. The molecule has 11 heteroatoms. The van der Waals surface area contributed by atoms with Gasteiger partial charge in [0.1, 0.15) is 5.75 Å². The highest BCUT2D eigenvalue weighted by molar-refractivity contribution is 7.91. The van der Waals surface area contributed by atoms with E-state index < -0.39 is 113 Å². The molecule has 144 valence electrons. The third-order valence-electron chi connectivity index (χ3n) is 2.59. The van der Waals surface area contributed by atoms with E-state index in [1.165, 1.54) is 0 Å². The summed E-state index contributed by atoms with van der Waals surface area (Å²) in [6, 6.07) is -8.90. The van der Waals surface area contributed by atoms with Crippen molar-refractivity contribution in [2.24, 2.45) is 0 Å². The molecule has 0 atom stereocenters. The van der Waals surface area contributed by atoms with E-state index in [4.69, 9.17) is 28.4 Å². The summed E-state index contributed by atoms with van der Waals surface area (Å²) in [7, 11) is -11.3. The van der Waals surface area contributed by atoms with Gasteiger partial charge in [-0.3, -0.25) is 0 Å². The normalized spacial score (nSPS) is 19.5. The summed E-state index contributed by atoms with van der Waals surface area (Å²) in [5.74, 6) is -5.56. The number of hydrogen-bond acceptors (Lipinski definition) is 9. The first kappa shape index (κ1) is 8.85. The summed E-state index contributed by atoms with van der Waals surface area (Å²) >= 11 is 0. The van der Waals surface area contributed by atoms with Crippen molar-refractivity contribution in [1.29, 1.82) is 1.43 Å². The molecule has 27 heavy (non-hydrogen) atoms. The summed E-state index contributed by atoms with van der Waals surface area (Å²) < 4.78 is 153. The number of esters is 1. The highest BCUT2D eigenvalue weighted by Crippen LogP contribution is 2.23. The Balaban J connectivity index is 3.00. The zero-order chi connectivity index (χ0) is 31.5.